The lowest BCUT2D eigenvalue weighted by Gasteiger charge is -2.04. The molecule has 0 aliphatic carbocycles. The molecular formula is C33H66O3S. The van der Waals surface area contributed by atoms with E-state index in [1.54, 1.807) is 6.08 Å². The molecule has 0 heterocycles. The lowest BCUT2D eigenvalue weighted by Crippen LogP contribution is -1.99. The highest BCUT2D eigenvalue weighted by molar-refractivity contribution is 7.85. The second kappa shape index (κ2) is 30.2. The molecule has 0 amide bonds. The van der Waals surface area contributed by atoms with Crippen LogP contribution in [0.1, 0.15) is 193 Å². The quantitative estimate of drug-likeness (QED) is 0.0538. The second-order valence-electron chi connectivity index (χ2n) is 11.6. The Bertz CT molecular complexity index is 556. The molecule has 37 heavy (non-hydrogen) atoms. The maximum atomic E-state index is 10.6. The summed E-state index contributed by atoms with van der Waals surface area (Å²) in [4.78, 5) is 0. The van der Waals surface area contributed by atoms with E-state index in [9.17, 15) is 8.42 Å². The highest BCUT2D eigenvalue weighted by Gasteiger charge is 1.99. The van der Waals surface area contributed by atoms with Crippen LogP contribution in [-0.2, 0) is 10.1 Å². The van der Waals surface area contributed by atoms with Crippen LogP contribution in [0.5, 0.6) is 0 Å². The summed E-state index contributed by atoms with van der Waals surface area (Å²) in [6, 6.07) is 0. The smallest absolute Gasteiger partial charge is 0.268 e. The zero-order valence-corrected chi connectivity index (χ0v) is 25.9. The molecule has 0 saturated heterocycles. The molecule has 0 spiro atoms. The van der Waals surface area contributed by atoms with Gasteiger partial charge in [-0.15, -0.1) is 0 Å². The molecule has 0 unspecified atom stereocenters. The number of hydrogen-bond donors (Lipinski definition) is 1. The molecule has 222 valence electrons. The van der Waals surface area contributed by atoms with Crippen molar-refractivity contribution in [2.45, 2.75) is 193 Å². The van der Waals surface area contributed by atoms with Gasteiger partial charge in [-0.2, -0.15) is 8.42 Å². The van der Waals surface area contributed by atoms with E-state index in [0.717, 1.165) is 12.8 Å². The van der Waals surface area contributed by atoms with Crippen LogP contribution in [0.2, 0.25) is 0 Å². The van der Waals surface area contributed by atoms with E-state index in [1.165, 1.54) is 173 Å². The van der Waals surface area contributed by atoms with Crippen molar-refractivity contribution < 1.29 is 13.0 Å². The van der Waals surface area contributed by atoms with E-state index in [-0.39, 0.29) is 5.75 Å². The minimum atomic E-state index is -3.84. The summed E-state index contributed by atoms with van der Waals surface area (Å²) in [6.45, 7) is 2.30. The highest BCUT2D eigenvalue weighted by Crippen LogP contribution is 2.16. The second-order valence-corrected chi connectivity index (χ2v) is 13.1. The molecule has 0 aliphatic heterocycles. The average molecular weight is 543 g/mol. The predicted octanol–water partition coefficient (Wildman–Crippen LogP) is 11.8. The van der Waals surface area contributed by atoms with Gasteiger partial charge in [0.05, 0.1) is 5.75 Å². The van der Waals surface area contributed by atoms with Crippen LogP contribution >= 0.6 is 0 Å². The highest BCUT2D eigenvalue weighted by atomic mass is 32.2. The van der Waals surface area contributed by atoms with E-state index < -0.39 is 10.1 Å². The first kappa shape index (κ1) is 36.6. The van der Waals surface area contributed by atoms with Gasteiger partial charge in [0.25, 0.3) is 10.1 Å². The summed E-state index contributed by atoms with van der Waals surface area (Å²) >= 11 is 0. The van der Waals surface area contributed by atoms with Gasteiger partial charge in [0.15, 0.2) is 0 Å². The van der Waals surface area contributed by atoms with Gasteiger partial charge in [0.2, 0.25) is 0 Å². The Hall–Kier alpha value is -0.350. The normalized spacial score (nSPS) is 12.2. The molecule has 0 fully saturated rings. The molecule has 0 aromatic rings. The van der Waals surface area contributed by atoms with Gasteiger partial charge in [-0.3, -0.25) is 4.55 Å². The molecular weight excluding hydrogens is 476 g/mol. The zero-order chi connectivity index (χ0) is 27.1. The first-order valence-electron chi connectivity index (χ1n) is 16.7. The molecule has 0 bridgehead atoms. The van der Waals surface area contributed by atoms with Crippen LogP contribution in [0.25, 0.3) is 0 Å². The van der Waals surface area contributed by atoms with Crippen LogP contribution in [-0.4, -0.2) is 18.7 Å². The summed E-state index contributed by atoms with van der Waals surface area (Å²) in [5.74, 6) is -0.257. The van der Waals surface area contributed by atoms with Gasteiger partial charge in [0, 0.05) is 0 Å². The number of allylic oxidation sites excluding steroid dienone is 1. The minimum absolute atomic E-state index is 0.257. The fourth-order valence-electron chi connectivity index (χ4n) is 5.24. The van der Waals surface area contributed by atoms with Crippen molar-refractivity contribution in [3.63, 3.8) is 0 Å². The summed E-state index contributed by atoms with van der Waals surface area (Å²) in [5.41, 5.74) is 0. The lowest BCUT2D eigenvalue weighted by atomic mass is 10.0. The first-order chi connectivity index (χ1) is 18.1. The number of unbranched alkanes of at least 4 members (excludes halogenated alkanes) is 28. The lowest BCUT2D eigenvalue weighted by molar-refractivity contribution is 0.486. The average Bonchev–Trinajstić information content (AvgIpc) is 2.86. The Kier molecular flexibility index (Phi) is 29.9. The van der Waals surface area contributed by atoms with Gasteiger partial charge >= 0.3 is 0 Å². The van der Waals surface area contributed by atoms with E-state index in [4.69, 9.17) is 4.55 Å². The largest absolute Gasteiger partial charge is 0.285 e. The van der Waals surface area contributed by atoms with Gasteiger partial charge in [0.1, 0.15) is 0 Å². The van der Waals surface area contributed by atoms with E-state index in [1.807, 2.05) is 6.08 Å². The maximum absolute atomic E-state index is 10.6. The molecule has 0 aliphatic rings. The monoisotopic (exact) mass is 542 g/mol. The van der Waals surface area contributed by atoms with Gasteiger partial charge < -0.3 is 0 Å². The summed E-state index contributed by atoms with van der Waals surface area (Å²) < 4.78 is 29.8. The number of rotatable bonds is 31. The van der Waals surface area contributed by atoms with E-state index in [0.29, 0.717) is 0 Å². The molecule has 0 aromatic carbocycles. The SMILES string of the molecule is CCCCCCCCCCCCCCCCCCCCCCCCCCCCCC/C=C/CS(=O)(=O)O. The van der Waals surface area contributed by atoms with E-state index in [2.05, 4.69) is 6.92 Å². The molecule has 3 nitrogen and oxygen atoms in total. The van der Waals surface area contributed by atoms with Crippen molar-refractivity contribution >= 4 is 10.1 Å². The van der Waals surface area contributed by atoms with Crippen LogP contribution in [0.15, 0.2) is 12.2 Å². The molecule has 0 aromatic heterocycles. The van der Waals surface area contributed by atoms with Gasteiger partial charge in [-0.05, 0) is 12.8 Å². The molecule has 0 saturated carbocycles. The van der Waals surface area contributed by atoms with Crippen molar-refractivity contribution in [3.8, 4) is 0 Å². The Morgan fingerprint density at radius 3 is 0.892 bits per heavy atom. The Morgan fingerprint density at radius 1 is 0.405 bits per heavy atom. The molecule has 0 atom stereocenters. The summed E-state index contributed by atoms with van der Waals surface area (Å²) in [6.07, 6.45) is 43.9. The van der Waals surface area contributed by atoms with Crippen LogP contribution in [0.4, 0.5) is 0 Å². The molecule has 1 N–H and O–H groups in total. The van der Waals surface area contributed by atoms with Gasteiger partial charge in [-0.25, -0.2) is 0 Å². The van der Waals surface area contributed by atoms with Crippen molar-refractivity contribution in [2.75, 3.05) is 5.75 Å². The van der Waals surface area contributed by atoms with Crippen LogP contribution in [0, 0.1) is 0 Å². The predicted molar refractivity (Wildman–Crippen MR) is 165 cm³/mol. The summed E-state index contributed by atoms with van der Waals surface area (Å²) in [7, 11) is -3.84. The molecule has 0 rings (SSSR count). The first-order valence-corrected chi connectivity index (χ1v) is 18.3. The van der Waals surface area contributed by atoms with E-state index >= 15 is 0 Å². The Morgan fingerprint density at radius 2 is 0.649 bits per heavy atom. The third-order valence-corrected chi connectivity index (χ3v) is 8.31. The third-order valence-electron chi connectivity index (χ3n) is 7.70. The van der Waals surface area contributed by atoms with Crippen LogP contribution < -0.4 is 0 Å². The topological polar surface area (TPSA) is 54.4 Å². The zero-order valence-electron chi connectivity index (χ0n) is 25.0. The number of hydrogen-bond acceptors (Lipinski definition) is 2. The van der Waals surface area contributed by atoms with Crippen molar-refractivity contribution in [2.24, 2.45) is 0 Å². The fourth-order valence-corrected chi connectivity index (χ4v) is 5.62. The fraction of sp³-hybridized carbons (Fsp3) is 0.939. The van der Waals surface area contributed by atoms with Crippen molar-refractivity contribution in [1.29, 1.82) is 0 Å². The molecule has 4 heteroatoms. The third kappa shape index (κ3) is 35.6. The van der Waals surface area contributed by atoms with Crippen molar-refractivity contribution in [3.05, 3.63) is 12.2 Å². The maximum Gasteiger partial charge on any atom is 0.268 e. The van der Waals surface area contributed by atoms with Gasteiger partial charge in [-0.1, -0.05) is 192 Å². The summed E-state index contributed by atoms with van der Waals surface area (Å²) in [5, 5.41) is 0. The molecule has 0 radical (unpaired) electrons. The minimum Gasteiger partial charge on any atom is -0.285 e. The Labute approximate surface area is 233 Å². The van der Waals surface area contributed by atoms with Crippen molar-refractivity contribution in [1.82, 2.24) is 0 Å². The standard InChI is InChI=1S/C33H66O3S/c1-2-3-4-5-6-7-8-9-10-11-12-13-14-15-16-17-18-19-20-21-22-23-24-25-26-27-28-29-30-31-32-33-37(34,35)36/h31-32H,2-30,33H2,1H3,(H,34,35,36)/b32-31+. The van der Waals surface area contributed by atoms with Crippen LogP contribution in [0.3, 0.4) is 0 Å². The Balaban J connectivity index is 3.08.